The van der Waals surface area contributed by atoms with Crippen molar-refractivity contribution in [3.05, 3.63) is 59.4 Å². The van der Waals surface area contributed by atoms with Gasteiger partial charge >= 0.3 is 0 Å². The lowest BCUT2D eigenvalue weighted by molar-refractivity contribution is 0.629. The maximum atomic E-state index is 13.1. The molecule has 1 aromatic heterocycles. The summed E-state index contributed by atoms with van der Waals surface area (Å²) < 4.78 is 13.1. The highest BCUT2D eigenvalue weighted by atomic mass is 32.2. The highest BCUT2D eigenvalue weighted by molar-refractivity contribution is 7.98. The largest absolute Gasteiger partial charge is 0.333 e. The molecule has 1 N–H and O–H groups in total. The molecule has 2 nitrogen and oxygen atoms in total. The van der Waals surface area contributed by atoms with Crippen LogP contribution in [0.3, 0.4) is 0 Å². The third-order valence-electron chi connectivity index (χ3n) is 3.44. The van der Waals surface area contributed by atoms with E-state index in [2.05, 4.69) is 48.1 Å². The van der Waals surface area contributed by atoms with Gasteiger partial charge in [0.05, 0.1) is 11.0 Å². The summed E-state index contributed by atoms with van der Waals surface area (Å²) in [6, 6.07) is 13.3. The molecule has 0 aliphatic heterocycles. The molecule has 3 rings (SSSR count). The molecule has 0 spiro atoms. The minimum Gasteiger partial charge on any atom is -0.333 e. The van der Waals surface area contributed by atoms with Crippen molar-refractivity contribution >= 4 is 22.8 Å². The molecular formula is C17H17FN2S. The average molecular weight is 300 g/mol. The molecular weight excluding hydrogens is 283 g/mol. The van der Waals surface area contributed by atoms with Crippen molar-refractivity contribution in [2.24, 2.45) is 0 Å². The van der Waals surface area contributed by atoms with Crippen LogP contribution in [-0.2, 0) is 5.75 Å². The van der Waals surface area contributed by atoms with E-state index in [0.717, 1.165) is 21.9 Å². The summed E-state index contributed by atoms with van der Waals surface area (Å²) in [6.45, 7) is 4.38. The van der Waals surface area contributed by atoms with E-state index >= 15 is 0 Å². The molecule has 108 valence electrons. The molecule has 1 heterocycles. The number of hydrogen-bond acceptors (Lipinski definition) is 2. The molecule has 4 heteroatoms. The molecule has 0 saturated heterocycles. The van der Waals surface area contributed by atoms with Gasteiger partial charge in [0.25, 0.3) is 0 Å². The number of H-pyrrole nitrogens is 1. The lowest BCUT2D eigenvalue weighted by atomic mass is 10.0. The standard InChI is InChI=1S/C17H17FN2S/c1-11(2)13-5-3-12(4-6-13)10-21-17-19-15-8-7-14(18)9-16(15)20-17/h3-9,11H,10H2,1-2H3,(H,19,20). The van der Waals surface area contributed by atoms with E-state index < -0.39 is 0 Å². The zero-order valence-electron chi connectivity index (χ0n) is 12.1. The number of nitrogens with zero attached hydrogens (tertiary/aromatic N) is 1. The zero-order chi connectivity index (χ0) is 14.8. The number of halogens is 1. The second-order valence-electron chi connectivity index (χ2n) is 5.39. The number of nitrogens with one attached hydrogen (secondary N) is 1. The van der Waals surface area contributed by atoms with Gasteiger partial charge in [-0.15, -0.1) is 0 Å². The Bertz CT molecular complexity index is 747. The number of fused-ring (bicyclic) bond motifs is 1. The van der Waals surface area contributed by atoms with E-state index in [0.29, 0.717) is 5.92 Å². The maximum Gasteiger partial charge on any atom is 0.166 e. The van der Waals surface area contributed by atoms with Crippen LogP contribution in [0, 0.1) is 5.82 Å². The van der Waals surface area contributed by atoms with E-state index in [-0.39, 0.29) is 5.82 Å². The van der Waals surface area contributed by atoms with Crippen molar-refractivity contribution in [3.63, 3.8) is 0 Å². The number of benzene rings is 2. The lowest BCUT2D eigenvalue weighted by Crippen LogP contribution is -1.88. The summed E-state index contributed by atoms with van der Waals surface area (Å²) in [5.74, 6) is 1.16. The highest BCUT2D eigenvalue weighted by Gasteiger charge is 2.05. The average Bonchev–Trinajstić information content (AvgIpc) is 2.87. The Hall–Kier alpha value is -1.81. The molecule has 0 radical (unpaired) electrons. The maximum absolute atomic E-state index is 13.1. The van der Waals surface area contributed by atoms with Crippen LogP contribution in [0.25, 0.3) is 11.0 Å². The Kier molecular flexibility index (Phi) is 3.97. The number of hydrogen-bond donors (Lipinski definition) is 1. The van der Waals surface area contributed by atoms with Gasteiger partial charge in [0, 0.05) is 5.75 Å². The minimum absolute atomic E-state index is 0.244. The summed E-state index contributed by atoms with van der Waals surface area (Å²) >= 11 is 1.63. The number of rotatable bonds is 4. The summed E-state index contributed by atoms with van der Waals surface area (Å²) in [4.78, 5) is 7.60. The van der Waals surface area contributed by atoms with Crippen LogP contribution in [0.2, 0.25) is 0 Å². The first-order valence-electron chi connectivity index (χ1n) is 6.99. The van der Waals surface area contributed by atoms with Gasteiger partial charge in [0.2, 0.25) is 0 Å². The SMILES string of the molecule is CC(C)c1ccc(CSc2nc3ccc(F)cc3[nH]2)cc1. The molecule has 0 aliphatic rings. The monoisotopic (exact) mass is 300 g/mol. The highest BCUT2D eigenvalue weighted by Crippen LogP contribution is 2.24. The lowest BCUT2D eigenvalue weighted by Gasteiger charge is -2.06. The van der Waals surface area contributed by atoms with Gasteiger partial charge in [0.1, 0.15) is 5.82 Å². The zero-order valence-corrected chi connectivity index (χ0v) is 12.9. The summed E-state index contributed by atoms with van der Waals surface area (Å²) in [6.07, 6.45) is 0. The van der Waals surface area contributed by atoms with E-state index in [1.165, 1.54) is 23.3 Å². The Labute approximate surface area is 127 Å². The molecule has 0 saturated carbocycles. The topological polar surface area (TPSA) is 28.7 Å². The predicted octanol–water partition coefficient (Wildman–Crippen LogP) is 5.12. The van der Waals surface area contributed by atoms with Crippen LogP contribution in [0.5, 0.6) is 0 Å². The molecule has 0 fully saturated rings. The summed E-state index contributed by atoms with van der Waals surface area (Å²) in [7, 11) is 0. The first-order valence-corrected chi connectivity index (χ1v) is 7.97. The van der Waals surface area contributed by atoms with Crippen molar-refractivity contribution in [3.8, 4) is 0 Å². The van der Waals surface area contributed by atoms with Crippen LogP contribution in [-0.4, -0.2) is 9.97 Å². The fourth-order valence-corrected chi connectivity index (χ4v) is 3.02. The smallest absolute Gasteiger partial charge is 0.166 e. The van der Waals surface area contributed by atoms with Gasteiger partial charge in [-0.2, -0.15) is 0 Å². The Morgan fingerprint density at radius 1 is 1.14 bits per heavy atom. The number of thioether (sulfide) groups is 1. The summed E-state index contributed by atoms with van der Waals surface area (Å²) in [5, 5.41) is 0.823. The molecule has 21 heavy (non-hydrogen) atoms. The Balaban J connectivity index is 1.71. The number of aromatic nitrogens is 2. The van der Waals surface area contributed by atoms with Gasteiger partial charge < -0.3 is 4.98 Å². The fraction of sp³-hybridized carbons (Fsp3) is 0.235. The third-order valence-corrected chi connectivity index (χ3v) is 4.39. The molecule has 0 unspecified atom stereocenters. The van der Waals surface area contributed by atoms with Crippen LogP contribution in [0.15, 0.2) is 47.6 Å². The van der Waals surface area contributed by atoms with Crippen molar-refractivity contribution in [1.82, 2.24) is 9.97 Å². The quantitative estimate of drug-likeness (QED) is 0.678. The van der Waals surface area contributed by atoms with Crippen LogP contribution >= 0.6 is 11.8 Å². The molecule has 0 aliphatic carbocycles. The molecule has 2 aromatic carbocycles. The second-order valence-corrected chi connectivity index (χ2v) is 6.35. The van der Waals surface area contributed by atoms with Gasteiger partial charge in [-0.05, 0) is 35.2 Å². The van der Waals surface area contributed by atoms with Gasteiger partial charge in [-0.25, -0.2) is 9.37 Å². The Morgan fingerprint density at radius 3 is 2.62 bits per heavy atom. The van der Waals surface area contributed by atoms with E-state index in [1.54, 1.807) is 17.8 Å². The molecule has 0 atom stereocenters. The normalized spacial score (nSPS) is 11.4. The molecule has 0 amide bonds. The Morgan fingerprint density at radius 2 is 1.90 bits per heavy atom. The van der Waals surface area contributed by atoms with Crippen LogP contribution < -0.4 is 0 Å². The van der Waals surface area contributed by atoms with Crippen molar-refractivity contribution in [2.75, 3.05) is 0 Å². The first-order chi connectivity index (χ1) is 10.1. The van der Waals surface area contributed by atoms with Gasteiger partial charge in [0.15, 0.2) is 5.16 Å². The van der Waals surface area contributed by atoms with E-state index in [9.17, 15) is 4.39 Å². The summed E-state index contributed by atoms with van der Waals surface area (Å²) in [5.41, 5.74) is 4.15. The van der Waals surface area contributed by atoms with Crippen molar-refractivity contribution < 1.29 is 4.39 Å². The first kappa shape index (κ1) is 14.1. The van der Waals surface area contributed by atoms with Crippen molar-refractivity contribution in [1.29, 1.82) is 0 Å². The fourth-order valence-electron chi connectivity index (χ4n) is 2.18. The van der Waals surface area contributed by atoms with Gasteiger partial charge in [-0.1, -0.05) is 49.9 Å². The second kappa shape index (κ2) is 5.90. The van der Waals surface area contributed by atoms with Gasteiger partial charge in [-0.3, -0.25) is 0 Å². The molecule has 0 bridgehead atoms. The third kappa shape index (κ3) is 3.27. The van der Waals surface area contributed by atoms with E-state index in [1.807, 2.05) is 0 Å². The number of aromatic amines is 1. The number of imidazole rings is 1. The molecule has 3 aromatic rings. The van der Waals surface area contributed by atoms with Crippen molar-refractivity contribution in [2.45, 2.75) is 30.7 Å². The van der Waals surface area contributed by atoms with Crippen LogP contribution in [0.1, 0.15) is 30.9 Å². The van der Waals surface area contributed by atoms with E-state index in [4.69, 9.17) is 0 Å². The predicted molar refractivity (Wildman–Crippen MR) is 86.1 cm³/mol. The van der Waals surface area contributed by atoms with Crippen LogP contribution in [0.4, 0.5) is 4.39 Å². The minimum atomic E-state index is -0.244.